The monoisotopic (exact) mass is 421 g/mol. The van der Waals surface area contributed by atoms with Crippen molar-refractivity contribution in [2.45, 2.75) is 24.5 Å². The number of aliphatic hydroxyl groups excluding tert-OH is 1. The van der Waals surface area contributed by atoms with Crippen LogP contribution in [0.4, 0.5) is 13.2 Å². The Bertz CT molecular complexity index is 988. The number of ether oxygens (including phenoxy) is 1. The Balaban J connectivity index is 2.53. The maximum absolute atomic E-state index is 12.7. The smallest absolute Gasteiger partial charge is 0.408 e. The summed E-state index contributed by atoms with van der Waals surface area (Å²) >= 11 is 0. The minimum atomic E-state index is -4.66. The predicted octanol–water partition coefficient (Wildman–Crippen LogP) is 1.13. The molecule has 0 aliphatic heterocycles. The second-order valence-corrected chi connectivity index (χ2v) is 7.69. The summed E-state index contributed by atoms with van der Waals surface area (Å²) in [4.78, 5) is 12.3. The van der Waals surface area contributed by atoms with Gasteiger partial charge in [0.1, 0.15) is 6.54 Å². The topological polar surface area (TPSA) is 125 Å². The fraction of sp³-hybridized carbons (Fsp3) is 0.375. The molecule has 1 heterocycles. The van der Waals surface area contributed by atoms with Crippen molar-refractivity contribution in [2.75, 3.05) is 13.2 Å². The highest BCUT2D eigenvalue weighted by Gasteiger charge is 2.30. The van der Waals surface area contributed by atoms with Crippen molar-refractivity contribution in [3.8, 4) is 16.9 Å². The lowest BCUT2D eigenvalue weighted by atomic mass is 10.1. The molecule has 0 radical (unpaired) electrons. The zero-order valence-electron chi connectivity index (χ0n) is 14.7. The van der Waals surface area contributed by atoms with Crippen molar-refractivity contribution in [1.82, 2.24) is 9.78 Å². The SMILES string of the molecule is C[C@H](CO)COc1c(-c2ccc(S(N)(=O)=O)cc2)cnn(CC(F)(F)F)c1=O. The number of hydrogen-bond donors (Lipinski definition) is 2. The molecular weight excluding hydrogens is 403 g/mol. The molecule has 0 saturated carbocycles. The molecule has 8 nitrogen and oxygen atoms in total. The van der Waals surface area contributed by atoms with Gasteiger partial charge in [-0.2, -0.15) is 18.3 Å². The van der Waals surface area contributed by atoms with E-state index in [9.17, 15) is 26.4 Å². The van der Waals surface area contributed by atoms with E-state index in [1.54, 1.807) is 6.92 Å². The molecule has 1 atom stereocenters. The summed E-state index contributed by atoms with van der Waals surface area (Å²) in [5, 5.41) is 17.6. The van der Waals surface area contributed by atoms with Gasteiger partial charge in [-0.1, -0.05) is 19.1 Å². The number of primary sulfonamides is 1. The van der Waals surface area contributed by atoms with Gasteiger partial charge in [0.05, 0.1) is 17.7 Å². The molecule has 0 amide bonds. The van der Waals surface area contributed by atoms with Crippen molar-refractivity contribution < 1.29 is 31.4 Å². The molecule has 2 rings (SSSR count). The minimum Gasteiger partial charge on any atom is -0.487 e. The molecule has 154 valence electrons. The maximum Gasteiger partial charge on any atom is 0.408 e. The highest BCUT2D eigenvalue weighted by atomic mass is 32.2. The molecule has 2 aromatic rings. The van der Waals surface area contributed by atoms with Gasteiger partial charge in [-0.3, -0.25) is 4.79 Å². The van der Waals surface area contributed by atoms with Crippen LogP contribution in [0.3, 0.4) is 0 Å². The predicted molar refractivity (Wildman–Crippen MR) is 93.1 cm³/mol. The van der Waals surface area contributed by atoms with Crippen LogP contribution in [-0.4, -0.2) is 42.7 Å². The molecule has 12 heteroatoms. The number of aliphatic hydroxyl groups is 1. The normalized spacial score (nSPS) is 13.4. The zero-order valence-corrected chi connectivity index (χ0v) is 15.5. The van der Waals surface area contributed by atoms with Crippen molar-refractivity contribution >= 4 is 10.0 Å². The Kier molecular flexibility index (Phi) is 6.47. The van der Waals surface area contributed by atoms with Crippen LogP contribution in [0, 0.1) is 5.92 Å². The van der Waals surface area contributed by atoms with Crippen LogP contribution in [0.5, 0.6) is 5.75 Å². The van der Waals surface area contributed by atoms with Crippen molar-refractivity contribution in [3.05, 3.63) is 40.8 Å². The van der Waals surface area contributed by atoms with Gasteiger partial charge in [0, 0.05) is 18.1 Å². The Morgan fingerprint density at radius 2 is 1.89 bits per heavy atom. The van der Waals surface area contributed by atoms with Crippen LogP contribution in [0.25, 0.3) is 11.1 Å². The van der Waals surface area contributed by atoms with Gasteiger partial charge in [-0.25, -0.2) is 18.2 Å². The van der Waals surface area contributed by atoms with Crippen molar-refractivity contribution in [3.63, 3.8) is 0 Å². The largest absolute Gasteiger partial charge is 0.487 e. The second-order valence-electron chi connectivity index (χ2n) is 6.13. The van der Waals surface area contributed by atoms with Crippen LogP contribution in [0.15, 0.2) is 40.2 Å². The number of benzene rings is 1. The summed E-state index contributed by atoms with van der Waals surface area (Å²) in [6, 6.07) is 5.03. The molecule has 28 heavy (non-hydrogen) atoms. The van der Waals surface area contributed by atoms with E-state index in [2.05, 4.69) is 5.10 Å². The van der Waals surface area contributed by atoms with Gasteiger partial charge in [0.15, 0.2) is 5.75 Å². The highest BCUT2D eigenvalue weighted by Crippen LogP contribution is 2.28. The van der Waals surface area contributed by atoms with E-state index in [0.717, 1.165) is 6.20 Å². The van der Waals surface area contributed by atoms with Gasteiger partial charge in [0.2, 0.25) is 10.0 Å². The molecular formula is C16H18F3N3O5S. The van der Waals surface area contributed by atoms with Crippen LogP contribution in [0.1, 0.15) is 6.92 Å². The van der Waals surface area contributed by atoms with E-state index >= 15 is 0 Å². The van der Waals surface area contributed by atoms with Gasteiger partial charge in [0.25, 0.3) is 0 Å². The number of halogens is 3. The molecule has 3 N–H and O–H groups in total. The highest BCUT2D eigenvalue weighted by molar-refractivity contribution is 7.89. The van der Waals surface area contributed by atoms with E-state index in [4.69, 9.17) is 15.0 Å². The lowest BCUT2D eigenvalue weighted by molar-refractivity contribution is -0.143. The van der Waals surface area contributed by atoms with Gasteiger partial charge < -0.3 is 9.84 Å². The summed E-state index contributed by atoms with van der Waals surface area (Å²) in [5.41, 5.74) is -0.729. The van der Waals surface area contributed by atoms with Crippen LogP contribution in [-0.2, 0) is 16.6 Å². The Morgan fingerprint density at radius 1 is 1.29 bits per heavy atom. The third kappa shape index (κ3) is 5.53. The fourth-order valence-electron chi connectivity index (χ4n) is 2.20. The molecule has 1 aromatic carbocycles. The molecule has 0 bridgehead atoms. The second kappa shape index (κ2) is 8.29. The number of nitrogens with two attached hydrogens (primary N) is 1. The first kappa shape index (κ1) is 21.9. The van der Waals surface area contributed by atoms with E-state index < -0.39 is 28.3 Å². The van der Waals surface area contributed by atoms with Crippen LogP contribution in [0.2, 0.25) is 0 Å². The number of rotatable bonds is 7. The lowest BCUT2D eigenvalue weighted by Gasteiger charge is -2.16. The lowest BCUT2D eigenvalue weighted by Crippen LogP contribution is -2.31. The summed E-state index contributed by atoms with van der Waals surface area (Å²) in [5.74, 6) is -0.760. The van der Waals surface area contributed by atoms with Crippen LogP contribution >= 0.6 is 0 Å². The van der Waals surface area contributed by atoms with Gasteiger partial charge in [-0.05, 0) is 17.7 Å². The molecule has 1 aromatic heterocycles. The summed E-state index contributed by atoms with van der Waals surface area (Å²) < 4.78 is 66.3. The average Bonchev–Trinajstić information content (AvgIpc) is 2.60. The summed E-state index contributed by atoms with van der Waals surface area (Å²) in [6.07, 6.45) is -3.64. The van der Waals surface area contributed by atoms with E-state index in [-0.39, 0.29) is 40.0 Å². The standard InChI is InChI=1S/C16H18F3N3O5S/c1-10(7-23)8-27-14-13(6-21-22(15(14)24)9-16(17,18)19)11-2-4-12(5-3-11)28(20,25)26/h2-6,10,23H,7-9H2,1H3,(H2,20,25,26)/t10-/m1/s1. The maximum atomic E-state index is 12.7. The Hall–Kier alpha value is -2.44. The van der Waals surface area contributed by atoms with E-state index in [1.165, 1.54) is 24.3 Å². The third-order valence-electron chi connectivity index (χ3n) is 3.65. The van der Waals surface area contributed by atoms with Gasteiger partial charge in [-0.15, -0.1) is 0 Å². The number of nitrogens with zero attached hydrogens (tertiary/aromatic N) is 2. The first-order valence-corrected chi connectivity index (χ1v) is 9.51. The number of sulfonamides is 1. The molecule has 0 fully saturated rings. The van der Waals surface area contributed by atoms with Crippen molar-refractivity contribution in [2.24, 2.45) is 11.1 Å². The van der Waals surface area contributed by atoms with Crippen LogP contribution < -0.4 is 15.4 Å². The number of aromatic nitrogens is 2. The zero-order chi connectivity index (χ0) is 21.1. The Labute approximate surface area is 158 Å². The molecule has 0 aliphatic rings. The third-order valence-corrected chi connectivity index (χ3v) is 4.58. The van der Waals surface area contributed by atoms with Gasteiger partial charge >= 0.3 is 11.7 Å². The molecule has 0 aliphatic carbocycles. The summed E-state index contributed by atoms with van der Waals surface area (Å²) in [7, 11) is -3.94. The number of alkyl halides is 3. The van der Waals surface area contributed by atoms with E-state index in [0.29, 0.717) is 5.56 Å². The molecule has 0 unspecified atom stereocenters. The minimum absolute atomic E-state index is 0.0783. The molecule has 0 saturated heterocycles. The first-order valence-electron chi connectivity index (χ1n) is 7.96. The average molecular weight is 421 g/mol. The molecule has 0 spiro atoms. The van der Waals surface area contributed by atoms with E-state index in [1.807, 2.05) is 0 Å². The number of hydrogen-bond acceptors (Lipinski definition) is 6. The quantitative estimate of drug-likeness (QED) is 0.691. The first-order chi connectivity index (χ1) is 12.9. The van der Waals surface area contributed by atoms with Crippen molar-refractivity contribution in [1.29, 1.82) is 0 Å². The Morgan fingerprint density at radius 3 is 2.39 bits per heavy atom. The summed E-state index contributed by atoms with van der Waals surface area (Å²) in [6.45, 7) is -0.345. The fourth-order valence-corrected chi connectivity index (χ4v) is 2.72.